The lowest BCUT2D eigenvalue weighted by atomic mass is 10.3. The molecule has 7 nitrogen and oxygen atoms in total. The maximum absolute atomic E-state index is 11.3. The van der Waals surface area contributed by atoms with Crippen LogP contribution in [0.3, 0.4) is 0 Å². The van der Waals surface area contributed by atoms with Gasteiger partial charge >= 0.3 is 18.0 Å². The van der Waals surface area contributed by atoms with Crippen LogP contribution in [0.25, 0.3) is 0 Å². The van der Waals surface area contributed by atoms with Gasteiger partial charge in [-0.1, -0.05) is 13.2 Å². The van der Waals surface area contributed by atoms with E-state index < -0.39 is 24.1 Å². The average molecular weight is 284 g/mol. The maximum Gasteiger partial charge on any atom is 0.333 e. The molecule has 0 fully saturated rings. The number of urea groups is 1. The summed E-state index contributed by atoms with van der Waals surface area (Å²) in [6.45, 7) is 10.3. The smallest absolute Gasteiger partial charge is 0.333 e. The highest BCUT2D eigenvalue weighted by atomic mass is 16.5. The molecule has 0 aromatic carbocycles. The molecule has 0 spiro atoms. The number of carbonyl (C=O) groups excluding carboxylic acids is 3. The number of nitrogens with one attached hydrogen (secondary N) is 2. The topological polar surface area (TPSA) is 93.7 Å². The van der Waals surface area contributed by atoms with Crippen molar-refractivity contribution in [3.63, 3.8) is 0 Å². The summed E-state index contributed by atoms with van der Waals surface area (Å²) in [6.07, 6.45) is 0.570. The van der Waals surface area contributed by atoms with Crippen molar-refractivity contribution >= 4 is 18.0 Å². The first kappa shape index (κ1) is 17.7. The highest BCUT2D eigenvalue weighted by molar-refractivity contribution is 5.87. The van der Waals surface area contributed by atoms with Gasteiger partial charge in [0.05, 0.1) is 13.1 Å². The minimum absolute atomic E-state index is 0.0540. The van der Waals surface area contributed by atoms with E-state index in [2.05, 4.69) is 28.5 Å². The Morgan fingerprint density at radius 2 is 1.95 bits per heavy atom. The first-order valence-corrected chi connectivity index (χ1v) is 6.04. The molecule has 20 heavy (non-hydrogen) atoms. The molecule has 2 N–H and O–H groups in total. The number of esters is 2. The molecular weight excluding hydrogens is 264 g/mol. The van der Waals surface area contributed by atoms with Gasteiger partial charge in [-0.2, -0.15) is 0 Å². The lowest BCUT2D eigenvalue weighted by Gasteiger charge is -2.14. The molecule has 0 aromatic rings. The first-order valence-electron chi connectivity index (χ1n) is 6.04. The van der Waals surface area contributed by atoms with Gasteiger partial charge in [-0.05, 0) is 13.8 Å². The van der Waals surface area contributed by atoms with E-state index in [0.29, 0.717) is 5.57 Å². The summed E-state index contributed by atoms with van der Waals surface area (Å²) in [5, 5.41) is 4.99. The lowest BCUT2D eigenvalue weighted by molar-refractivity contribution is -0.143. The molecule has 7 heteroatoms. The van der Waals surface area contributed by atoms with Gasteiger partial charge in [-0.25, -0.2) is 14.4 Å². The van der Waals surface area contributed by atoms with E-state index in [1.807, 2.05) is 0 Å². The zero-order valence-corrected chi connectivity index (χ0v) is 11.7. The van der Waals surface area contributed by atoms with Crippen LogP contribution >= 0.6 is 0 Å². The molecule has 0 aromatic heterocycles. The second-order valence-corrected chi connectivity index (χ2v) is 4.00. The lowest BCUT2D eigenvalue weighted by Crippen LogP contribution is -2.41. The summed E-state index contributed by atoms with van der Waals surface area (Å²) in [5.74, 6) is -1.05. The number of rotatable bonds is 8. The Morgan fingerprint density at radius 1 is 1.30 bits per heavy atom. The van der Waals surface area contributed by atoms with Crippen molar-refractivity contribution in [2.45, 2.75) is 20.0 Å². The molecule has 0 saturated heterocycles. The predicted octanol–water partition coefficient (Wildman–Crippen LogP) is 0.523. The van der Waals surface area contributed by atoms with Crippen molar-refractivity contribution in [2.24, 2.45) is 0 Å². The Balaban J connectivity index is 3.72. The zero-order chi connectivity index (χ0) is 15.5. The molecule has 0 aliphatic carbocycles. The van der Waals surface area contributed by atoms with Gasteiger partial charge in [0.25, 0.3) is 0 Å². The van der Waals surface area contributed by atoms with E-state index in [9.17, 15) is 14.4 Å². The monoisotopic (exact) mass is 284 g/mol. The molecule has 112 valence electrons. The summed E-state index contributed by atoms with van der Waals surface area (Å²) in [7, 11) is 0. The van der Waals surface area contributed by atoms with Crippen molar-refractivity contribution in [1.29, 1.82) is 0 Å². The average Bonchev–Trinajstić information content (AvgIpc) is 2.40. The summed E-state index contributed by atoms with van der Waals surface area (Å²) in [5.41, 5.74) is 0.297. The molecular formula is C13H20N2O5. The molecule has 1 unspecified atom stereocenters. The Morgan fingerprint density at radius 3 is 2.50 bits per heavy atom. The van der Waals surface area contributed by atoms with Crippen molar-refractivity contribution in [3.05, 3.63) is 24.8 Å². The van der Waals surface area contributed by atoms with E-state index >= 15 is 0 Å². The third kappa shape index (κ3) is 8.73. The number of ether oxygens (including phenoxy) is 2. The molecule has 0 radical (unpaired) electrons. The van der Waals surface area contributed by atoms with Crippen molar-refractivity contribution in [3.8, 4) is 0 Å². The Hall–Kier alpha value is -2.31. The summed E-state index contributed by atoms with van der Waals surface area (Å²) in [6, 6.07) is -0.446. The van der Waals surface area contributed by atoms with Crippen LogP contribution in [0.2, 0.25) is 0 Å². The van der Waals surface area contributed by atoms with Crippen LogP contribution in [0.4, 0.5) is 4.79 Å². The quantitative estimate of drug-likeness (QED) is 0.385. The SMILES string of the molecule is C=CC(=O)OCCNC(=O)NCC(C)OC(=O)C(=C)C. The van der Waals surface area contributed by atoms with Crippen LogP contribution in [0.5, 0.6) is 0 Å². The molecule has 0 aliphatic rings. The van der Waals surface area contributed by atoms with Gasteiger partial charge in [0.2, 0.25) is 0 Å². The molecule has 0 heterocycles. The largest absolute Gasteiger partial charge is 0.461 e. The number of hydrogen-bond acceptors (Lipinski definition) is 5. The Labute approximate surface area is 118 Å². The van der Waals surface area contributed by atoms with Crippen molar-refractivity contribution in [2.75, 3.05) is 19.7 Å². The normalized spacial score (nSPS) is 10.9. The van der Waals surface area contributed by atoms with Crippen molar-refractivity contribution in [1.82, 2.24) is 10.6 Å². The second kappa shape index (κ2) is 9.60. The van der Waals surface area contributed by atoms with Gasteiger partial charge in [-0.3, -0.25) is 0 Å². The van der Waals surface area contributed by atoms with Crippen LogP contribution < -0.4 is 10.6 Å². The highest BCUT2D eigenvalue weighted by Crippen LogP contribution is 1.96. The number of amides is 2. The fourth-order valence-electron chi connectivity index (χ4n) is 0.999. The van der Waals surface area contributed by atoms with Crippen molar-refractivity contribution < 1.29 is 23.9 Å². The highest BCUT2D eigenvalue weighted by Gasteiger charge is 2.11. The van der Waals surface area contributed by atoms with E-state index in [4.69, 9.17) is 4.74 Å². The van der Waals surface area contributed by atoms with Crippen LogP contribution in [-0.2, 0) is 19.1 Å². The van der Waals surface area contributed by atoms with Gasteiger partial charge < -0.3 is 20.1 Å². The third-order valence-corrected chi connectivity index (χ3v) is 2.01. The maximum atomic E-state index is 11.3. The molecule has 0 saturated carbocycles. The van der Waals surface area contributed by atoms with Gasteiger partial charge in [0, 0.05) is 11.6 Å². The minimum Gasteiger partial charge on any atom is -0.461 e. The van der Waals surface area contributed by atoms with Crippen LogP contribution in [0, 0.1) is 0 Å². The predicted molar refractivity (Wildman–Crippen MR) is 72.9 cm³/mol. The van der Waals surface area contributed by atoms with E-state index in [1.54, 1.807) is 13.8 Å². The summed E-state index contributed by atoms with van der Waals surface area (Å²) in [4.78, 5) is 33.2. The minimum atomic E-state index is -0.549. The van der Waals surface area contributed by atoms with E-state index in [0.717, 1.165) is 6.08 Å². The van der Waals surface area contributed by atoms with Gasteiger partial charge in [-0.15, -0.1) is 0 Å². The van der Waals surface area contributed by atoms with E-state index in [1.165, 1.54) is 0 Å². The fraction of sp³-hybridized carbons (Fsp3) is 0.462. The van der Waals surface area contributed by atoms with Gasteiger partial charge in [0.15, 0.2) is 0 Å². The fourth-order valence-corrected chi connectivity index (χ4v) is 0.999. The number of hydrogen-bond donors (Lipinski definition) is 2. The standard InChI is InChI=1S/C13H20N2O5/c1-5-11(16)19-7-6-14-13(18)15-8-10(4)20-12(17)9(2)3/h5,10H,1-2,6-8H2,3-4H3,(H2,14,15,18). The molecule has 0 aliphatic heterocycles. The second-order valence-electron chi connectivity index (χ2n) is 4.00. The van der Waals surface area contributed by atoms with E-state index in [-0.39, 0.29) is 19.7 Å². The molecule has 0 rings (SSSR count). The summed E-state index contributed by atoms with van der Waals surface area (Å²) >= 11 is 0. The molecule has 2 amide bonds. The van der Waals surface area contributed by atoms with Crippen LogP contribution in [0.15, 0.2) is 24.8 Å². The first-order chi connectivity index (χ1) is 9.36. The Kier molecular flexibility index (Phi) is 8.49. The summed E-state index contributed by atoms with van der Waals surface area (Å²) < 4.78 is 9.64. The Bertz CT molecular complexity index is 392. The van der Waals surface area contributed by atoms with Gasteiger partial charge in [0.1, 0.15) is 12.7 Å². The molecule has 0 bridgehead atoms. The number of carbonyl (C=O) groups is 3. The zero-order valence-electron chi connectivity index (χ0n) is 11.7. The molecule has 1 atom stereocenters. The third-order valence-electron chi connectivity index (χ3n) is 2.01. The van der Waals surface area contributed by atoms with Crippen LogP contribution in [-0.4, -0.2) is 43.8 Å². The van der Waals surface area contributed by atoms with Crippen LogP contribution in [0.1, 0.15) is 13.8 Å².